The van der Waals surface area contributed by atoms with Gasteiger partial charge < -0.3 is 20.5 Å². The first-order valence-corrected chi connectivity index (χ1v) is 9.11. The number of ether oxygens (including phenoxy) is 2. The molecule has 146 valence electrons. The first-order chi connectivity index (χ1) is 12.7. The second-order valence-electron chi connectivity index (χ2n) is 6.59. The maximum absolute atomic E-state index is 6.20. The second-order valence-corrected chi connectivity index (χ2v) is 6.59. The number of nitrogens with zero attached hydrogens (tertiary/aromatic N) is 1. The van der Waals surface area contributed by atoms with Gasteiger partial charge in [0, 0.05) is 18.9 Å². The van der Waals surface area contributed by atoms with Crippen LogP contribution in [0.1, 0.15) is 30.9 Å². The van der Waals surface area contributed by atoms with Crippen LogP contribution in [0.2, 0.25) is 0 Å². The summed E-state index contributed by atoms with van der Waals surface area (Å²) in [6, 6.07) is 18.1. The van der Waals surface area contributed by atoms with Crippen molar-refractivity contribution in [2.45, 2.75) is 25.3 Å². The average Bonchev–Trinajstić information content (AvgIpc) is 2.69. The maximum atomic E-state index is 6.20. The van der Waals surface area contributed by atoms with E-state index in [2.05, 4.69) is 29.6 Å². The van der Waals surface area contributed by atoms with Crippen LogP contribution < -0.4 is 15.8 Å². The van der Waals surface area contributed by atoms with Crippen molar-refractivity contribution in [3.05, 3.63) is 60.2 Å². The number of halogens is 1. The molecular formula is C21H28IN3O2. The molecule has 0 amide bonds. The van der Waals surface area contributed by atoms with E-state index in [0.29, 0.717) is 11.9 Å². The molecule has 0 radical (unpaired) electrons. The standard InChI is InChI=1S/C21H27N3O2.HI/c1-25-19-9-7-18(8-10-19)23-21(22)24-20(17-5-3-2-4-6-17)15-16-11-13-26-14-12-16;/h2-10,16,20H,11-15H2,1H3,(H3,22,23,24);1H. The number of aliphatic imine (C=N–C) groups is 1. The summed E-state index contributed by atoms with van der Waals surface area (Å²) in [4.78, 5) is 4.79. The largest absolute Gasteiger partial charge is 0.497 e. The molecule has 6 heteroatoms. The number of guanidine groups is 1. The molecule has 27 heavy (non-hydrogen) atoms. The van der Waals surface area contributed by atoms with Crippen LogP contribution in [0.4, 0.5) is 5.69 Å². The first-order valence-electron chi connectivity index (χ1n) is 9.11. The zero-order chi connectivity index (χ0) is 18.2. The quantitative estimate of drug-likeness (QED) is 0.360. The molecule has 0 saturated carbocycles. The molecule has 1 aliphatic rings. The molecule has 5 nitrogen and oxygen atoms in total. The normalized spacial score (nSPS) is 16.3. The number of nitrogens with one attached hydrogen (secondary N) is 1. The van der Waals surface area contributed by atoms with E-state index in [9.17, 15) is 0 Å². The van der Waals surface area contributed by atoms with Gasteiger partial charge in [0.15, 0.2) is 5.96 Å². The Balaban J connectivity index is 0.00000261. The fraction of sp³-hybridized carbons (Fsp3) is 0.381. The number of rotatable bonds is 6. The zero-order valence-electron chi connectivity index (χ0n) is 15.6. The molecule has 0 aromatic heterocycles. The molecule has 0 bridgehead atoms. The summed E-state index contributed by atoms with van der Waals surface area (Å²) in [7, 11) is 1.65. The van der Waals surface area contributed by atoms with E-state index in [-0.39, 0.29) is 30.0 Å². The van der Waals surface area contributed by atoms with E-state index < -0.39 is 0 Å². The van der Waals surface area contributed by atoms with E-state index in [4.69, 9.17) is 20.2 Å². The van der Waals surface area contributed by atoms with Crippen LogP contribution in [0, 0.1) is 5.92 Å². The van der Waals surface area contributed by atoms with Crippen LogP contribution in [0.25, 0.3) is 0 Å². The van der Waals surface area contributed by atoms with E-state index in [1.54, 1.807) is 7.11 Å². The molecule has 3 rings (SSSR count). The van der Waals surface area contributed by atoms with Gasteiger partial charge >= 0.3 is 0 Å². The fourth-order valence-corrected chi connectivity index (χ4v) is 3.26. The molecule has 0 aliphatic carbocycles. The van der Waals surface area contributed by atoms with Crippen molar-refractivity contribution < 1.29 is 9.47 Å². The van der Waals surface area contributed by atoms with Gasteiger partial charge in [0.2, 0.25) is 0 Å². The van der Waals surface area contributed by atoms with Crippen molar-refractivity contribution in [2.75, 3.05) is 25.6 Å². The highest BCUT2D eigenvalue weighted by molar-refractivity contribution is 14.0. The monoisotopic (exact) mass is 481 g/mol. The number of hydrogen-bond acceptors (Lipinski definition) is 3. The van der Waals surface area contributed by atoms with Crippen molar-refractivity contribution in [1.82, 2.24) is 0 Å². The van der Waals surface area contributed by atoms with Crippen LogP contribution in [-0.2, 0) is 4.74 Å². The first kappa shape index (κ1) is 21.5. The molecule has 1 fully saturated rings. The summed E-state index contributed by atoms with van der Waals surface area (Å²) in [5, 5.41) is 3.18. The Hall–Kier alpha value is -1.80. The molecule has 1 saturated heterocycles. The maximum Gasteiger partial charge on any atom is 0.193 e. The Bertz CT molecular complexity index is 701. The molecule has 1 aliphatic heterocycles. The van der Waals surface area contributed by atoms with Gasteiger partial charge in [0.25, 0.3) is 0 Å². The highest BCUT2D eigenvalue weighted by atomic mass is 127. The minimum absolute atomic E-state index is 0. The molecule has 1 unspecified atom stereocenters. The lowest BCUT2D eigenvalue weighted by Gasteiger charge is -2.25. The Morgan fingerprint density at radius 2 is 1.81 bits per heavy atom. The number of nitrogens with two attached hydrogens (primary N) is 1. The lowest BCUT2D eigenvalue weighted by Crippen LogP contribution is -2.24. The van der Waals surface area contributed by atoms with Gasteiger partial charge in [-0.2, -0.15) is 0 Å². The molecule has 2 aromatic rings. The van der Waals surface area contributed by atoms with Crippen molar-refractivity contribution in [3.63, 3.8) is 0 Å². The van der Waals surface area contributed by atoms with Crippen molar-refractivity contribution >= 4 is 35.6 Å². The summed E-state index contributed by atoms with van der Waals surface area (Å²) >= 11 is 0. The lowest BCUT2D eigenvalue weighted by molar-refractivity contribution is 0.0619. The third-order valence-corrected chi connectivity index (χ3v) is 4.74. The summed E-state index contributed by atoms with van der Waals surface area (Å²) in [5.74, 6) is 1.86. The second kappa shape index (κ2) is 11.1. The number of anilines is 1. The predicted octanol–water partition coefficient (Wildman–Crippen LogP) is 4.60. The van der Waals surface area contributed by atoms with E-state index >= 15 is 0 Å². The van der Waals surface area contributed by atoms with E-state index in [1.807, 2.05) is 30.3 Å². The molecule has 1 heterocycles. The Labute approximate surface area is 178 Å². The lowest BCUT2D eigenvalue weighted by atomic mass is 9.90. The van der Waals surface area contributed by atoms with Gasteiger partial charge in [-0.05, 0) is 55.0 Å². The summed E-state index contributed by atoms with van der Waals surface area (Å²) in [6.07, 6.45) is 3.16. The predicted molar refractivity (Wildman–Crippen MR) is 121 cm³/mol. The van der Waals surface area contributed by atoms with Crippen molar-refractivity contribution in [3.8, 4) is 5.75 Å². The van der Waals surface area contributed by atoms with Crippen LogP contribution in [-0.4, -0.2) is 26.3 Å². The van der Waals surface area contributed by atoms with Gasteiger partial charge in [-0.15, -0.1) is 24.0 Å². The molecule has 1 atom stereocenters. The van der Waals surface area contributed by atoms with Crippen LogP contribution in [0.5, 0.6) is 5.75 Å². The fourth-order valence-electron chi connectivity index (χ4n) is 3.26. The number of benzene rings is 2. The molecule has 3 N–H and O–H groups in total. The third-order valence-electron chi connectivity index (χ3n) is 4.74. The zero-order valence-corrected chi connectivity index (χ0v) is 18.0. The molecular weight excluding hydrogens is 453 g/mol. The minimum Gasteiger partial charge on any atom is -0.497 e. The van der Waals surface area contributed by atoms with Gasteiger partial charge in [0.05, 0.1) is 13.2 Å². The average molecular weight is 481 g/mol. The van der Waals surface area contributed by atoms with E-state index in [0.717, 1.165) is 43.9 Å². The summed E-state index contributed by atoms with van der Waals surface area (Å²) in [6.45, 7) is 1.69. The Morgan fingerprint density at radius 1 is 1.15 bits per heavy atom. The summed E-state index contributed by atoms with van der Waals surface area (Å²) < 4.78 is 10.7. The van der Waals surface area contributed by atoms with Crippen LogP contribution in [0.15, 0.2) is 59.6 Å². The van der Waals surface area contributed by atoms with Gasteiger partial charge in [0.1, 0.15) is 5.75 Å². The molecule has 0 spiro atoms. The smallest absolute Gasteiger partial charge is 0.193 e. The van der Waals surface area contributed by atoms with Gasteiger partial charge in [-0.3, -0.25) is 0 Å². The highest BCUT2D eigenvalue weighted by Crippen LogP contribution is 2.30. The van der Waals surface area contributed by atoms with Crippen molar-refractivity contribution in [1.29, 1.82) is 0 Å². The topological polar surface area (TPSA) is 68.9 Å². The summed E-state index contributed by atoms with van der Waals surface area (Å²) in [5.41, 5.74) is 8.29. The minimum atomic E-state index is 0. The SMILES string of the molecule is COc1ccc(NC(N)=NC(CC2CCOCC2)c2ccccc2)cc1.I. The third kappa shape index (κ3) is 6.70. The Kier molecular flexibility index (Phi) is 8.87. The highest BCUT2D eigenvalue weighted by Gasteiger charge is 2.20. The molecule has 2 aromatic carbocycles. The van der Waals surface area contributed by atoms with Crippen LogP contribution >= 0.6 is 24.0 Å². The van der Waals surface area contributed by atoms with E-state index in [1.165, 1.54) is 5.56 Å². The van der Waals surface area contributed by atoms with Gasteiger partial charge in [-0.1, -0.05) is 30.3 Å². The van der Waals surface area contributed by atoms with Crippen LogP contribution in [0.3, 0.4) is 0 Å². The Morgan fingerprint density at radius 3 is 2.44 bits per heavy atom. The van der Waals surface area contributed by atoms with Gasteiger partial charge in [-0.25, -0.2) is 4.99 Å². The van der Waals surface area contributed by atoms with Crippen molar-refractivity contribution in [2.24, 2.45) is 16.6 Å². The number of methoxy groups -OCH3 is 1. The number of hydrogen-bond donors (Lipinski definition) is 2.